The molecule has 0 saturated carbocycles. The van der Waals surface area contributed by atoms with Crippen LogP contribution in [0.2, 0.25) is 5.02 Å². The van der Waals surface area contributed by atoms with Gasteiger partial charge >= 0.3 is 14.5 Å². The van der Waals surface area contributed by atoms with E-state index in [0.717, 1.165) is 0 Å². The Labute approximate surface area is 237 Å². The van der Waals surface area contributed by atoms with Crippen LogP contribution in [0.3, 0.4) is 0 Å². The molecule has 3 aromatic rings. The second-order valence-corrected chi connectivity index (χ2v) is 11.2. The molecule has 3 rings (SSSR count). The number of nitrogen functional groups attached to an aromatic ring is 1. The molecular weight excluding hydrogens is 567 g/mol. The van der Waals surface area contributed by atoms with Gasteiger partial charge in [-0.25, -0.2) is 10.1 Å². The normalized spacial score (nSPS) is 14.1. The highest BCUT2D eigenvalue weighted by atomic mass is 35.5. The first-order valence-electron chi connectivity index (χ1n) is 11.9. The Bertz CT molecular complexity index is 1240. The number of hydrogen-bond donors (Lipinski definition) is 4. The molecule has 0 fully saturated rings. The van der Waals surface area contributed by atoms with E-state index in [9.17, 15) is 4.79 Å². The zero-order chi connectivity index (χ0) is 28.6. The number of aromatic nitrogens is 4. The first-order valence-corrected chi connectivity index (χ1v) is 14.7. The van der Waals surface area contributed by atoms with Crippen molar-refractivity contribution in [2.45, 2.75) is 44.9 Å². The van der Waals surface area contributed by atoms with Crippen molar-refractivity contribution < 1.29 is 23.3 Å². The molecule has 16 heteroatoms. The number of carbonyl (C=O) groups is 1. The highest BCUT2D eigenvalue weighted by Gasteiger charge is 2.34. The van der Waals surface area contributed by atoms with Crippen LogP contribution >= 0.6 is 32.1 Å². The molecule has 214 valence electrons. The van der Waals surface area contributed by atoms with E-state index in [4.69, 9.17) is 35.9 Å². The molecule has 13 nitrogen and oxygen atoms in total. The second kappa shape index (κ2) is 14.3. The molecule has 0 aliphatic carbocycles. The molecule has 0 bridgehead atoms. The maximum absolute atomic E-state index is 12.3. The van der Waals surface area contributed by atoms with Gasteiger partial charge in [0.05, 0.1) is 26.1 Å². The van der Waals surface area contributed by atoms with Crippen LogP contribution in [0.1, 0.15) is 33.2 Å². The Morgan fingerprint density at radius 2 is 1.97 bits per heavy atom. The molecule has 0 saturated heterocycles. The fourth-order valence-corrected chi connectivity index (χ4v) is 5.17. The van der Waals surface area contributed by atoms with Gasteiger partial charge in [0.2, 0.25) is 5.95 Å². The van der Waals surface area contributed by atoms with Gasteiger partial charge in [-0.2, -0.15) is 14.8 Å². The minimum absolute atomic E-state index is 0.0814. The lowest BCUT2D eigenvalue weighted by atomic mass is 10.1. The first kappa shape index (κ1) is 31.1. The number of nitrogens with one attached hydrogen (secondary N) is 3. The monoisotopic (exact) mass is 600 g/mol. The molecule has 2 heterocycles. The highest BCUT2D eigenvalue weighted by molar-refractivity contribution is 7.96. The van der Waals surface area contributed by atoms with E-state index in [0.29, 0.717) is 34.2 Å². The van der Waals surface area contributed by atoms with Crippen LogP contribution in [0.25, 0.3) is 11.2 Å². The summed E-state index contributed by atoms with van der Waals surface area (Å²) in [4.78, 5) is 28.3. The SMILES string of the molecule is COC(=O)C(C)(C)NP(OCC(CC(C)n1cnc2c(NNSC)nc(N)nc21)OC)Oc1ccc(Cl)cc1. The Balaban J connectivity index is 1.73. The molecule has 5 N–H and O–H groups in total. The van der Waals surface area contributed by atoms with Gasteiger partial charge in [0, 0.05) is 18.2 Å². The molecule has 3 atom stereocenters. The number of ether oxygens (including phenoxy) is 2. The van der Waals surface area contributed by atoms with Crippen molar-refractivity contribution in [3.05, 3.63) is 35.6 Å². The quantitative estimate of drug-likeness (QED) is 0.0855. The fraction of sp³-hybridized carbons (Fsp3) is 0.478. The first-order chi connectivity index (χ1) is 18.6. The topological polar surface area (TPSA) is 160 Å². The molecule has 0 amide bonds. The number of methoxy groups -OCH3 is 2. The van der Waals surface area contributed by atoms with Crippen LogP contribution in [-0.2, 0) is 18.8 Å². The lowest BCUT2D eigenvalue weighted by molar-refractivity contribution is -0.146. The predicted octanol–water partition coefficient (Wildman–Crippen LogP) is 4.09. The number of fused-ring (bicyclic) bond motifs is 1. The number of nitrogens with zero attached hydrogens (tertiary/aromatic N) is 4. The average Bonchev–Trinajstić information content (AvgIpc) is 3.33. The summed E-state index contributed by atoms with van der Waals surface area (Å²) in [5.74, 6) is 0.681. The summed E-state index contributed by atoms with van der Waals surface area (Å²) in [5.41, 5.74) is 9.02. The molecular formula is C23H34ClN8O5PS. The summed E-state index contributed by atoms with van der Waals surface area (Å²) >= 11 is 7.38. The lowest BCUT2D eigenvalue weighted by Gasteiger charge is -2.29. The summed E-state index contributed by atoms with van der Waals surface area (Å²) < 4.78 is 24.7. The maximum atomic E-state index is 12.3. The highest BCUT2D eigenvalue weighted by Crippen LogP contribution is 2.39. The molecule has 0 aliphatic rings. The fourth-order valence-electron chi connectivity index (χ4n) is 3.52. The van der Waals surface area contributed by atoms with Crippen molar-refractivity contribution in [2.24, 2.45) is 0 Å². The van der Waals surface area contributed by atoms with E-state index in [1.54, 1.807) is 51.6 Å². The molecule has 1 aromatic carbocycles. The van der Waals surface area contributed by atoms with Crippen molar-refractivity contribution in [3.8, 4) is 5.75 Å². The van der Waals surface area contributed by atoms with Gasteiger partial charge < -0.3 is 28.8 Å². The second-order valence-electron chi connectivity index (χ2n) is 8.95. The third kappa shape index (κ3) is 8.52. The Morgan fingerprint density at radius 3 is 2.62 bits per heavy atom. The molecule has 39 heavy (non-hydrogen) atoms. The maximum Gasteiger partial charge on any atom is 0.325 e. The number of benzene rings is 1. The van der Waals surface area contributed by atoms with Gasteiger partial charge in [-0.05, 0) is 57.7 Å². The molecule has 0 spiro atoms. The summed E-state index contributed by atoms with van der Waals surface area (Å²) in [6, 6.07) is 6.78. The predicted molar refractivity (Wildman–Crippen MR) is 154 cm³/mol. The van der Waals surface area contributed by atoms with E-state index in [-0.39, 0.29) is 24.7 Å². The number of esters is 1. The molecule has 0 radical (unpaired) electrons. The van der Waals surface area contributed by atoms with E-state index < -0.39 is 20.0 Å². The summed E-state index contributed by atoms with van der Waals surface area (Å²) in [5, 5.41) is 3.69. The zero-order valence-electron chi connectivity index (χ0n) is 22.6. The van der Waals surface area contributed by atoms with Gasteiger partial charge in [0.25, 0.3) is 0 Å². The van der Waals surface area contributed by atoms with E-state index in [2.05, 4.69) is 30.3 Å². The number of anilines is 2. The third-order valence-corrected chi connectivity index (χ3v) is 7.63. The molecule has 2 aromatic heterocycles. The van der Waals surface area contributed by atoms with E-state index >= 15 is 0 Å². The van der Waals surface area contributed by atoms with Crippen molar-refractivity contribution in [3.63, 3.8) is 0 Å². The van der Waals surface area contributed by atoms with Crippen molar-refractivity contribution in [1.29, 1.82) is 0 Å². The largest absolute Gasteiger partial charge is 0.468 e. The van der Waals surface area contributed by atoms with E-state index in [1.165, 1.54) is 19.1 Å². The summed E-state index contributed by atoms with van der Waals surface area (Å²) in [6.07, 6.45) is 3.80. The lowest BCUT2D eigenvalue weighted by Crippen LogP contribution is -2.45. The van der Waals surface area contributed by atoms with Crippen molar-refractivity contribution in [2.75, 3.05) is 38.2 Å². The summed E-state index contributed by atoms with van der Waals surface area (Å²) in [6.45, 7) is 5.57. The Morgan fingerprint density at radius 1 is 1.26 bits per heavy atom. The van der Waals surface area contributed by atoms with Crippen LogP contribution in [-0.4, -0.2) is 64.2 Å². The van der Waals surface area contributed by atoms with Crippen LogP contribution in [0.4, 0.5) is 11.8 Å². The Hall–Kier alpha value is -2.45. The smallest absolute Gasteiger partial charge is 0.325 e. The number of halogens is 1. The van der Waals surface area contributed by atoms with Gasteiger partial charge in [0.1, 0.15) is 11.3 Å². The Kier molecular flexibility index (Phi) is 11.4. The number of rotatable bonds is 15. The minimum Gasteiger partial charge on any atom is -0.468 e. The molecule has 3 unspecified atom stereocenters. The molecule has 0 aliphatic heterocycles. The van der Waals surface area contributed by atoms with Gasteiger partial charge in [-0.3, -0.25) is 10.2 Å². The van der Waals surface area contributed by atoms with Crippen molar-refractivity contribution >= 4 is 61.0 Å². The van der Waals surface area contributed by atoms with Crippen LogP contribution in [0, 0.1) is 0 Å². The van der Waals surface area contributed by atoms with Crippen molar-refractivity contribution in [1.82, 2.24) is 29.4 Å². The number of hydrogen-bond acceptors (Lipinski definition) is 13. The average molecular weight is 601 g/mol. The van der Waals surface area contributed by atoms with Gasteiger partial charge in [0.15, 0.2) is 17.0 Å². The van der Waals surface area contributed by atoms with Gasteiger partial charge in [-0.15, -0.1) is 0 Å². The van der Waals surface area contributed by atoms with Gasteiger partial charge in [-0.1, -0.05) is 23.5 Å². The minimum atomic E-state index is -1.77. The number of nitrogens with two attached hydrogens (primary N) is 1. The van der Waals surface area contributed by atoms with Crippen LogP contribution < -0.4 is 25.6 Å². The van der Waals surface area contributed by atoms with Crippen LogP contribution in [0.15, 0.2) is 30.6 Å². The number of hydrazine groups is 1. The zero-order valence-corrected chi connectivity index (χ0v) is 25.1. The summed E-state index contributed by atoms with van der Waals surface area (Å²) in [7, 11) is 1.16. The standard InChI is InChI=1S/C23H34ClN8O5PS/c1-14(32-13-26-18-19(29-31-39-6)27-22(25)28-20(18)32)11-17(34-4)12-36-38(30-23(2,3)21(33)35-5)37-16-9-7-15(24)8-10-16/h7-10,13-14,17,30-31H,11-12H2,1-6H3,(H3,25,27,28,29). The number of imidazole rings is 1. The van der Waals surface area contributed by atoms with Crippen LogP contribution in [0.5, 0.6) is 5.75 Å². The third-order valence-electron chi connectivity index (χ3n) is 5.57. The van der Waals surface area contributed by atoms with E-state index in [1.807, 2.05) is 17.7 Å². The number of carbonyl (C=O) groups excluding carboxylic acids is 1.